The summed E-state index contributed by atoms with van der Waals surface area (Å²) in [7, 11) is 1.65. The number of aryl methyl sites for hydroxylation is 1. The van der Waals surface area contributed by atoms with Crippen LogP contribution in [0.4, 0.5) is 0 Å². The molecule has 104 valence electrons. The van der Waals surface area contributed by atoms with Crippen LogP contribution >= 0.6 is 0 Å². The third kappa shape index (κ3) is 2.32. The summed E-state index contributed by atoms with van der Waals surface area (Å²) in [5.41, 5.74) is 4.85. The fraction of sp³-hybridized carbons (Fsp3) is 0.333. The van der Waals surface area contributed by atoms with Gasteiger partial charge in [0.25, 0.3) is 0 Å². The summed E-state index contributed by atoms with van der Waals surface area (Å²) in [4.78, 5) is 0. The maximum absolute atomic E-state index is 10.5. The predicted octanol–water partition coefficient (Wildman–Crippen LogP) is 3.77. The van der Waals surface area contributed by atoms with Gasteiger partial charge < -0.3 is 9.84 Å². The molecule has 3 rings (SSSR count). The number of hydrogen-bond donors (Lipinski definition) is 1. The summed E-state index contributed by atoms with van der Waals surface area (Å²) in [6.07, 6.45) is 1.36. The lowest BCUT2D eigenvalue weighted by Gasteiger charge is -2.32. The van der Waals surface area contributed by atoms with E-state index in [0.29, 0.717) is 5.92 Å². The Kier molecular flexibility index (Phi) is 3.49. The van der Waals surface area contributed by atoms with Crippen LogP contribution in [0.15, 0.2) is 42.5 Å². The molecule has 0 saturated carbocycles. The number of ether oxygens (including phenoxy) is 1. The zero-order valence-electron chi connectivity index (χ0n) is 12.0. The van der Waals surface area contributed by atoms with Crippen LogP contribution in [0.2, 0.25) is 0 Å². The molecule has 0 bridgehead atoms. The topological polar surface area (TPSA) is 29.5 Å². The maximum Gasteiger partial charge on any atom is 0.124 e. The highest BCUT2D eigenvalue weighted by atomic mass is 16.5. The van der Waals surface area contributed by atoms with Crippen molar-refractivity contribution < 1.29 is 9.84 Å². The molecule has 0 saturated heterocycles. The Bertz CT molecular complexity index is 619. The smallest absolute Gasteiger partial charge is 0.124 e. The van der Waals surface area contributed by atoms with Gasteiger partial charge in [0, 0.05) is 5.56 Å². The highest BCUT2D eigenvalue weighted by Gasteiger charge is 2.28. The first-order valence-electron chi connectivity index (χ1n) is 7.09. The van der Waals surface area contributed by atoms with Crippen molar-refractivity contribution in [3.63, 3.8) is 0 Å². The third-order valence-corrected chi connectivity index (χ3v) is 4.21. The Morgan fingerprint density at radius 3 is 2.80 bits per heavy atom. The first-order valence-corrected chi connectivity index (χ1v) is 7.09. The van der Waals surface area contributed by atoms with Gasteiger partial charge >= 0.3 is 0 Å². The van der Waals surface area contributed by atoms with Crippen LogP contribution in [0, 0.1) is 6.92 Å². The zero-order chi connectivity index (χ0) is 14.1. The van der Waals surface area contributed by atoms with Crippen LogP contribution in [0.3, 0.4) is 0 Å². The van der Waals surface area contributed by atoms with Crippen molar-refractivity contribution in [1.29, 1.82) is 0 Å². The number of rotatable bonds is 4. The monoisotopic (exact) mass is 268 g/mol. The van der Waals surface area contributed by atoms with Crippen LogP contribution in [0.1, 0.15) is 40.7 Å². The Balaban J connectivity index is 1.78. The van der Waals surface area contributed by atoms with Crippen LogP contribution in [0.25, 0.3) is 0 Å². The molecule has 0 radical (unpaired) electrons. The van der Waals surface area contributed by atoms with E-state index in [2.05, 4.69) is 24.3 Å². The van der Waals surface area contributed by atoms with Gasteiger partial charge in [-0.15, -0.1) is 0 Å². The average molecular weight is 268 g/mol. The van der Waals surface area contributed by atoms with Gasteiger partial charge in [-0.3, -0.25) is 0 Å². The van der Waals surface area contributed by atoms with E-state index in [-0.39, 0.29) is 0 Å². The average Bonchev–Trinajstić information content (AvgIpc) is 2.44. The fourth-order valence-corrected chi connectivity index (χ4v) is 3.08. The van der Waals surface area contributed by atoms with Gasteiger partial charge in [0.15, 0.2) is 0 Å². The summed E-state index contributed by atoms with van der Waals surface area (Å²) in [6, 6.07) is 14.5. The molecule has 2 nitrogen and oxygen atoms in total. The standard InChI is InChI=1S/C18H20O2/c1-12-7-8-18(20-2)16(9-12)17(19)11-14-10-13-5-3-4-6-15(13)14/h3-9,14,17,19H,10-11H2,1-2H3. The number of methoxy groups -OCH3 is 1. The SMILES string of the molecule is COc1ccc(C)cc1C(O)CC1Cc2ccccc21. The molecule has 0 amide bonds. The minimum Gasteiger partial charge on any atom is -0.496 e. The van der Waals surface area contributed by atoms with E-state index in [1.165, 1.54) is 11.1 Å². The van der Waals surface area contributed by atoms with Crippen molar-refractivity contribution in [2.24, 2.45) is 0 Å². The van der Waals surface area contributed by atoms with Gasteiger partial charge in [-0.25, -0.2) is 0 Å². The van der Waals surface area contributed by atoms with E-state index in [9.17, 15) is 5.11 Å². The molecule has 0 heterocycles. The van der Waals surface area contributed by atoms with E-state index in [0.717, 1.165) is 29.7 Å². The summed E-state index contributed by atoms with van der Waals surface area (Å²) >= 11 is 0. The number of fused-ring (bicyclic) bond motifs is 1. The summed E-state index contributed by atoms with van der Waals surface area (Å²) in [5.74, 6) is 1.24. The molecule has 0 aromatic heterocycles. The first-order chi connectivity index (χ1) is 9.69. The summed E-state index contributed by atoms with van der Waals surface area (Å²) in [6.45, 7) is 2.04. The van der Waals surface area contributed by atoms with Gasteiger partial charge in [-0.1, -0.05) is 35.9 Å². The molecule has 1 N–H and O–H groups in total. The normalized spacial score (nSPS) is 18.1. The van der Waals surface area contributed by atoms with Crippen LogP contribution in [-0.4, -0.2) is 12.2 Å². The zero-order valence-corrected chi connectivity index (χ0v) is 12.0. The molecular formula is C18H20O2. The molecule has 2 atom stereocenters. The second-order valence-corrected chi connectivity index (χ2v) is 5.60. The van der Waals surface area contributed by atoms with Gasteiger partial charge in [0.05, 0.1) is 13.2 Å². The summed E-state index contributed by atoms with van der Waals surface area (Å²) in [5, 5.41) is 10.5. The second kappa shape index (κ2) is 5.29. The minimum atomic E-state index is -0.469. The Labute approximate surface area is 120 Å². The van der Waals surface area contributed by atoms with E-state index < -0.39 is 6.10 Å². The fourth-order valence-electron chi connectivity index (χ4n) is 3.08. The molecule has 2 aromatic rings. The van der Waals surface area contributed by atoms with Crippen molar-refractivity contribution in [2.75, 3.05) is 7.11 Å². The lowest BCUT2D eigenvalue weighted by Crippen LogP contribution is -2.19. The number of hydrogen-bond acceptors (Lipinski definition) is 2. The van der Waals surface area contributed by atoms with Gasteiger partial charge in [-0.2, -0.15) is 0 Å². The number of aliphatic hydroxyl groups excluding tert-OH is 1. The van der Waals surface area contributed by atoms with Crippen molar-refractivity contribution in [1.82, 2.24) is 0 Å². The molecule has 20 heavy (non-hydrogen) atoms. The largest absolute Gasteiger partial charge is 0.496 e. The van der Waals surface area contributed by atoms with Gasteiger partial charge in [0.1, 0.15) is 5.75 Å². The quantitative estimate of drug-likeness (QED) is 0.914. The van der Waals surface area contributed by atoms with Crippen LogP contribution in [-0.2, 0) is 6.42 Å². The van der Waals surface area contributed by atoms with Gasteiger partial charge in [-0.05, 0) is 48.9 Å². The van der Waals surface area contributed by atoms with Crippen LogP contribution < -0.4 is 4.74 Å². The highest BCUT2D eigenvalue weighted by molar-refractivity contribution is 5.42. The Hall–Kier alpha value is -1.80. The Morgan fingerprint density at radius 1 is 1.25 bits per heavy atom. The van der Waals surface area contributed by atoms with Crippen LogP contribution in [0.5, 0.6) is 5.75 Å². The molecule has 1 aliphatic carbocycles. The van der Waals surface area contributed by atoms with E-state index in [1.54, 1.807) is 7.11 Å². The van der Waals surface area contributed by atoms with E-state index in [1.807, 2.05) is 25.1 Å². The number of benzene rings is 2. The molecule has 1 aliphatic rings. The lowest BCUT2D eigenvalue weighted by molar-refractivity contribution is 0.150. The van der Waals surface area contributed by atoms with E-state index in [4.69, 9.17) is 4.74 Å². The Morgan fingerprint density at radius 2 is 2.05 bits per heavy atom. The molecular weight excluding hydrogens is 248 g/mol. The minimum absolute atomic E-state index is 0.464. The molecule has 0 fully saturated rings. The van der Waals surface area contributed by atoms with Crippen molar-refractivity contribution >= 4 is 0 Å². The van der Waals surface area contributed by atoms with Gasteiger partial charge in [0.2, 0.25) is 0 Å². The molecule has 2 unspecified atom stereocenters. The van der Waals surface area contributed by atoms with E-state index >= 15 is 0 Å². The second-order valence-electron chi connectivity index (χ2n) is 5.60. The first kappa shape index (κ1) is 13.2. The molecule has 2 heteroatoms. The predicted molar refractivity (Wildman–Crippen MR) is 80.2 cm³/mol. The lowest BCUT2D eigenvalue weighted by atomic mass is 9.74. The molecule has 2 aromatic carbocycles. The van der Waals surface area contributed by atoms with Crippen molar-refractivity contribution in [2.45, 2.75) is 31.8 Å². The maximum atomic E-state index is 10.5. The summed E-state index contributed by atoms with van der Waals surface area (Å²) < 4.78 is 5.36. The van der Waals surface area contributed by atoms with Crippen molar-refractivity contribution in [3.8, 4) is 5.75 Å². The third-order valence-electron chi connectivity index (χ3n) is 4.21. The molecule has 0 aliphatic heterocycles. The van der Waals surface area contributed by atoms with Crippen molar-refractivity contribution in [3.05, 3.63) is 64.7 Å². The number of aliphatic hydroxyl groups is 1. The molecule has 0 spiro atoms. The highest BCUT2D eigenvalue weighted by Crippen LogP contribution is 2.42.